The minimum Gasteiger partial charge on any atom is -0.493 e. The molecule has 0 spiro atoms. The number of rotatable bonds is 12. The lowest BCUT2D eigenvalue weighted by Crippen LogP contribution is -2.27. The average molecular weight is 496 g/mol. The van der Waals surface area contributed by atoms with E-state index in [0.29, 0.717) is 36.8 Å². The van der Waals surface area contributed by atoms with Crippen LogP contribution in [0.25, 0.3) is 0 Å². The van der Waals surface area contributed by atoms with Crippen LogP contribution in [0.1, 0.15) is 29.8 Å². The van der Waals surface area contributed by atoms with Gasteiger partial charge in [-0.1, -0.05) is 48.2 Å². The molecular weight excluding hydrogens is 462 g/mol. The second kappa shape index (κ2) is 12.6. The second-order valence-corrected chi connectivity index (χ2v) is 9.47. The quantitative estimate of drug-likeness (QED) is 0.386. The van der Waals surface area contributed by atoms with Crippen molar-refractivity contribution >= 4 is 17.7 Å². The van der Waals surface area contributed by atoms with Gasteiger partial charge in [-0.2, -0.15) is 0 Å². The van der Waals surface area contributed by atoms with E-state index in [9.17, 15) is 4.79 Å². The zero-order chi connectivity index (χ0) is 24.5. The van der Waals surface area contributed by atoms with E-state index in [1.165, 1.54) is 30.2 Å². The summed E-state index contributed by atoms with van der Waals surface area (Å²) in [6.45, 7) is 4.23. The number of carbonyl (C=O) groups is 1. The fourth-order valence-corrected chi connectivity index (χ4v) is 4.96. The number of amides is 1. The van der Waals surface area contributed by atoms with E-state index in [1.54, 1.807) is 14.2 Å². The van der Waals surface area contributed by atoms with E-state index in [2.05, 4.69) is 37.1 Å². The number of nitrogens with one attached hydrogen (secondary N) is 1. The van der Waals surface area contributed by atoms with Crippen molar-refractivity contribution in [2.75, 3.05) is 39.6 Å². The Morgan fingerprint density at radius 2 is 1.74 bits per heavy atom. The Morgan fingerprint density at radius 1 is 0.971 bits per heavy atom. The van der Waals surface area contributed by atoms with Gasteiger partial charge in [-0.15, -0.1) is 10.2 Å². The minimum absolute atomic E-state index is 0.0224. The summed E-state index contributed by atoms with van der Waals surface area (Å²) in [7, 11) is 3.24. The molecule has 0 unspecified atom stereocenters. The highest BCUT2D eigenvalue weighted by Gasteiger charge is 2.19. The Balaban J connectivity index is 1.33. The van der Waals surface area contributed by atoms with Crippen LogP contribution in [0.5, 0.6) is 11.5 Å². The van der Waals surface area contributed by atoms with E-state index in [1.807, 2.05) is 36.4 Å². The van der Waals surface area contributed by atoms with Crippen LogP contribution in [-0.4, -0.2) is 65.2 Å². The highest BCUT2D eigenvalue weighted by Crippen LogP contribution is 2.27. The molecule has 2 aromatic carbocycles. The topological polar surface area (TPSA) is 81.5 Å². The van der Waals surface area contributed by atoms with Gasteiger partial charge < -0.3 is 19.4 Å². The first-order chi connectivity index (χ1) is 17.2. The summed E-state index contributed by atoms with van der Waals surface area (Å²) in [4.78, 5) is 15.0. The Kier molecular flexibility index (Phi) is 9.02. The van der Waals surface area contributed by atoms with Gasteiger partial charge in [0.15, 0.2) is 16.7 Å². The van der Waals surface area contributed by atoms with Crippen molar-refractivity contribution in [3.63, 3.8) is 0 Å². The maximum absolute atomic E-state index is 12.5. The van der Waals surface area contributed by atoms with Crippen LogP contribution < -0.4 is 14.8 Å². The number of hydrogen-bond donors (Lipinski definition) is 1. The monoisotopic (exact) mass is 495 g/mol. The fourth-order valence-electron chi connectivity index (χ4n) is 4.17. The maximum atomic E-state index is 12.5. The third kappa shape index (κ3) is 6.99. The van der Waals surface area contributed by atoms with Gasteiger partial charge in [0.2, 0.25) is 5.91 Å². The van der Waals surface area contributed by atoms with Crippen LogP contribution in [0.4, 0.5) is 0 Å². The zero-order valence-corrected chi connectivity index (χ0v) is 21.2. The molecular formula is C26H33N5O3S. The van der Waals surface area contributed by atoms with Gasteiger partial charge in [-0.25, -0.2) is 0 Å². The van der Waals surface area contributed by atoms with Gasteiger partial charge in [0.05, 0.1) is 33.1 Å². The summed E-state index contributed by atoms with van der Waals surface area (Å²) in [5, 5.41) is 12.7. The maximum Gasteiger partial charge on any atom is 0.230 e. The third-order valence-electron chi connectivity index (χ3n) is 6.06. The largest absolute Gasteiger partial charge is 0.493 e. The predicted molar refractivity (Wildman–Crippen MR) is 137 cm³/mol. The number of carbonyl (C=O) groups excluding carboxylic acids is 1. The van der Waals surface area contributed by atoms with E-state index in [-0.39, 0.29) is 5.91 Å². The van der Waals surface area contributed by atoms with Crippen LogP contribution >= 0.6 is 11.8 Å². The van der Waals surface area contributed by atoms with Gasteiger partial charge >= 0.3 is 0 Å². The molecule has 1 fully saturated rings. The first-order valence-electron chi connectivity index (χ1n) is 11.9. The fraction of sp³-hybridized carbons (Fsp3) is 0.423. The standard InChI is InChI=1S/C26H33N5O3S/c1-33-22-11-10-20(16-23(22)34-2)12-13-27-25(32)19-35-26-29-28-24(18-30-14-6-7-15-30)31(26)17-21-8-4-3-5-9-21/h3-5,8-11,16H,6-7,12-15,17-19H2,1-2H3,(H,27,32). The van der Waals surface area contributed by atoms with Crippen molar-refractivity contribution in [3.8, 4) is 11.5 Å². The molecule has 1 N–H and O–H groups in total. The second-order valence-electron chi connectivity index (χ2n) is 8.53. The number of aromatic nitrogens is 3. The van der Waals surface area contributed by atoms with Crippen LogP contribution in [-0.2, 0) is 24.3 Å². The van der Waals surface area contributed by atoms with Gasteiger partial charge in [-0.05, 0) is 55.6 Å². The SMILES string of the molecule is COc1ccc(CCNC(=O)CSc2nnc(CN3CCCC3)n2Cc2ccccc2)cc1OC. The minimum atomic E-state index is -0.0224. The van der Waals surface area contributed by atoms with Crippen molar-refractivity contribution < 1.29 is 14.3 Å². The molecule has 1 amide bonds. The first-order valence-corrected chi connectivity index (χ1v) is 12.9. The van der Waals surface area contributed by atoms with Crippen LogP contribution in [0.15, 0.2) is 53.7 Å². The molecule has 0 bridgehead atoms. The molecule has 4 rings (SSSR count). The van der Waals surface area contributed by atoms with Crippen molar-refractivity contribution in [2.45, 2.75) is 37.5 Å². The third-order valence-corrected chi connectivity index (χ3v) is 7.02. The van der Waals surface area contributed by atoms with Gasteiger partial charge in [0, 0.05) is 6.54 Å². The molecule has 9 heteroatoms. The molecule has 1 aliphatic rings. The lowest BCUT2D eigenvalue weighted by molar-refractivity contribution is -0.118. The molecule has 8 nitrogen and oxygen atoms in total. The molecule has 1 aliphatic heterocycles. The van der Waals surface area contributed by atoms with E-state index >= 15 is 0 Å². The van der Waals surface area contributed by atoms with E-state index in [0.717, 1.165) is 36.2 Å². The lowest BCUT2D eigenvalue weighted by Gasteiger charge is -2.16. The molecule has 0 saturated carbocycles. The van der Waals surface area contributed by atoms with Gasteiger partial charge in [0.1, 0.15) is 5.82 Å². The Labute approximate surface area is 211 Å². The Bertz CT molecular complexity index is 1100. The van der Waals surface area contributed by atoms with Gasteiger partial charge in [0.25, 0.3) is 0 Å². The zero-order valence-electron chi connectivity index (χ0n) is 20.4. The number of ether oxygens (including phenoxy) is 2. The van der Waals surface area contributed by atoms with E-state index < -0.39 is 0 Å². The van der Waals surface area contributed by atoms with Crippen LogP contribution in [0.2, 0.25) is 0 Å². The molecule has 0 radical (unpaired) electrons. The van der Waals surface area contributed by atoms with Crippen molar-refractivity contribution in [3.05, 3.63) is 65.5 Å². The normalized spacial score (nSPS) is 13.7. The van der Waals surface area contributed by atoms with Crippen molar-refractivity contribution in [1.29, 1.82) is 0 Å². The highest BCUT2D eigenvalue weighted by atomic mass is 32.2. The van der Waals surface area contributed by atoms with Crippen molar-refractivity contribution in [2.24, 2.45) is 0 Å². The first kappa shape index (κ1) is 25.1. The summed E-state index contributed by atoms with van der Waals surface area (Å²) in [6.07, 6.45) is 3.18. The summed E-state index contributed by atoms with van der Waals surface area (Å²) in [5.74, 6) is 2.61. The van der Waals surface area contributed by atoms with Gasteiger partial charge in [-0.3, -0.25) is 9.69 Å². The molecule has 2 heterocycles. The number of thioether (sulfide) groups is 1. The van der Waals surface area contributed by atoms with E-state index in [4.69, 9.17) is 9.47 Å². The summed E-state index contributed by atoms with van der Waals surface area (Å²) >= 11 is 1.43. The molecule has 186 valence electrons. The Morgan fingerprint density at radius 3 is 2.49 bits per heavy atom. The summed E-state index contributed by atoms with van der Waals surface area (Å²) < 4.78 is 12.8. The number of likely N-dealkylation sites (tertiary alicyclic amines) is 1. The number of benzene rings is 2. The molecule has 0 atom stereocenters. The summed E-state index contributed by atoms with van der Waals surface area (Å²) in [6, 6.07) is 16.1. The average Bonchev–Trinajstić information content (AvgIpc) is 3.54. The number of methoxy groups -OCH3 is 2. The molecule has 35 heavy (non-hydrogen) atoms. The molecule has 3 aromatic rings. The predicted octanol–water partition coefficient (Wildman–Crippen LogP) is 3.39. The summed E-state index contributed by atoms with van der Waals surface area (Å²) in [5.41, 5.74) is 2.26. The number of hydrogen-bond acceptors (Lipinski definition) is 7. The molecule has 0 aliphatic carbocycles. The highest BCUT2D eigenvalue weighted by molar-refractivity contribution is 7.99. The lowest BCUT2D eigenvalue weighted by atomic mass is 10.1. The van der Waals surface area contributed by atoms with Crippen molar-refractivity contribution in [1.82, 2.24) is 25.0 Å². The van der Waals surface area contributed by atoms with Crippen LogP contribution in [0, 0.1) is 0 Å². The number of nitrogens with zero attached hydrogens (tertiary/aromatic N) is 4. The van der Waals surface area contributed by atoms with Crippen LogP contribution in [0.3, 0.4) is 0 Å². The molecule has 1 aromatic heterocycles. The smallest absolute Gasteiger partial charge is 0.230 e. The molecule has 1 saturated heterocycles. The Hall–Kier alpha value is -3.04.